The molecule has 0 aliphatic carbocycles. The van der Waals surface area contributed by atoms with Crippen molar-refractivity contribution in [2.45, 2.75) is 58.9 Å². The lowest BCUT2D eigenvalue weighted by molar-refractivity contribution is -0.0594. The Morgan fingerprint density at radius 2 is 2.11 bits per heavy atom. The van der Waals surface area contributed by atoms with Crippen LogP contribution in [0.25, 0.3) is 0 Å². The van der Waals surface area contributed by atoms with Crippen molar-refractivity contribution in [3.63, 3.8) is 0 Å². The van der Waals surface area contributed by atoms with Gasteiger partial charge in [0.05, 0.1) is 13.2 Å². The van der Waals surface area contributed by atoms with Gasteiger partial charge in [0, 0.05) is 24.6 Å². The highest BCUT2D eigenvalue weighted by atomic mass is 16.5. The number of aliphatic hydroxyl groups excluding tert-OH is 1. The van der Waals surface area contributed by atoms with Crippen LogP contribution in [0.2, 0.25) is 0 Å². The summed E-state index contributed by atoms with van der Waals surface area (Å²) in [6.45, 7) is 10.7. The van der Waals surface area contributed by atoms with E-state index in [-0.39, 0.29) is 12.0 Å². The Morgan fingerprint density at radius 3 is 2.61 bits per heavy atom. The van der Waals surface area contributed by atoms with Crippen molar-refractivity contribution < 1.29 is 9.84 Å². The van der Waals surface area contributed by atoms with Crippen molar-refractivity contribution in [3.8, 4) is 0 Å². The first kappa shape index (κ1) is 15.9. The highest BCUT2D eigenvalue weighted by Gasteiger charge is 2.34. The zero-order valence-corrected chi connectivity index (χ0v) is 12.5. The van der Waals surface area contributed by atoms with Gasteiger partial charge in [-0.2, -0.15) is 0 Å². The minimum Gasteiger partial charge on any atom is -0.396 e. The number of hydrogen-bond acceptors (Lipinski definition) is 3. The minimum absolute atomic E-state index is 0.0191. The zero-order chi connectivity index (χ0) is 13.4. The Kier molecular flexibility index (Phi) is 7.20. The van der Waals surface area contributed by atoms with Crippen LogP contribution in [-0.2, 0) is 4.74 Å². The summed E-state index contributed by atoms with van der Waals surface area (Å²) in [6.07, 6.45) is 6.00. The van der Waals surface area contributed by atoms with Gasteiger partial charge in [0.25, 0.3) is 0 Å². The molecule has 108 valence electrons. The van der Waals surface area contributed by atoms with Gasteiger partial charge in [-0.05, 0) is 39.7 Å². The molecule has 1 unspecified atom stereocenters. The fourth-order valence-electron chi connectivity index (χ4n) is 2.73. The van der Waals surface area contributed by atoms with Crippen molar-refractivity contribution in [2.75, 3.05) is 32.9 Å². The number of aliphatic hydroxyl groups is 1. The Hall–Kier alpha value is -0.120. The fourth-order valence-corrected chi connectivity index (χ4v) is 2.73. The predicted molar refractivity (Wildman–Crippen MR) is 75.8 cm³/mol. The van der Waals surface area contributed by atoms with Crippen LogP contribution in [0.3, 0.4) is 0 Å². The van der Waals surface area contributed by atoms with E-state index in [4.69, 9.17) is 4.74 Å². The third-order valence-corrected chi connectivity index (χ3v) is 4.06. The molecule has 1 aliphatic heterocycles. The summed E-state index contributed by atoms with van der Waals surface area (Å²) in [5.74, 6) is 0. The lowest BCUT2D eigenvalue weighted by Gasteiger charge is -2.41. The van der Waals surface area contributed by atoms with Crippen molar-refractivity contribution in [3.05, 3.63) is 0 Å². The topological polar surface area (TPSA) is 32.7 Å². The quantitative estimate of drug-likeness (QED) is 0.679. The molecule has 1 atom stereocenters. The number of rotatable bonds is 8. The van der Waals surface area contributed by atoms with Gasteiger partial charge in [0.15, 0.2) is 0 Å². The fraction of sp³-hybridized carbons (Fsp3) is 1.00. The van der Waals surface area contributed by atoms with Crippen LogP contribution in [-0.4, -0.2) is 49.0 Å². The average molecular weight is 257 g/mol. The second-order valence-electron chi connectivity index (χ2n) is 6.09. The summed E-state index contributed by atoms with van der Waals surface area (Å²) >= 11 is 0. The van der Waals surface area contributed by atoms with Gasteiger partial charge in [-0.3, -0.25) is 0 Å². The van der Waals surface area contributed by atoms with Crippen LogP contribution in [0.15, 0.2) is 0 Å². The molecule has 18 heavy (non-hydrogen) atoms. The number of nitrogens with zero attached hydrogens (tertiary/aromatic N) is 1. The number of ether oxygens (including phenoxy) is 1. The van der Waals surface area contributed by atoms with E-state index in [2.05, 4.69) is 25.7 Å². The predicted octanol–water partition coefficient (Wildman–Crippen LogP) is 2.68. The zero-order valence-electron chi connectivity index (χ0n) is 12.5. The number of unbranched alkanes of at least 4 members (excludes halogenated alkanes) is 2. The molecule has 0 amide bonds. The van der Waals surface area contributed by atoms with Gasteiger partial charge in [0.1, 0.15) is 0 Å². The van der Waals surface area contributed by atoms with E-state index in [1.54, 1.807) is 0 Å². The van der Waals surface area contributed by atoms with E-state index in [1.165, 1.54) is 19.3 Å². The van der Waals surface area contributed by atoms with Gasteiger partial charge in [-0.25, -0.2) is 0 Å². The van der Waals surface area contributed by atoms with Crippen LogP contribution >= 0.6 is 0 Å². The molecule has 1 aliphatic rings. The summed E-state index contributed by atoms with van der Waals surface area (Å²) in [7, 11) is 0. The lowest BCUT2D eigenvalue weighted by atomic mass is 9.82. The van der Waals surface area contributed by atoms with E-state index in [1.807, 2.05) is 0 Å². The maximum Gasteiger partial charge on any atom is 0.0556 e. The van der Waals surface area contributed by atoms with Gasteiger partial charge >= 0.3 is 0 Å². The normalized spacial score (nSPS) is 25.0. The average Bonchev–Trinajstić information content (AvgIpc) is 2.39. The molecular weight excluding hydrogens is 226 g/mol. The Labute approximate surface area is 113 Å². The summed E-state index contributed by atoms with van der Waals surface area (Å²) in [5, 5.41) is 9.74. The van der Waals surface area contributed by atoms with E-state index in [9.17, 15) is 5.11 Å². The molecule has 0 aromatic rings. The second-order valence-corrected chi connectivity index (χ2v) is 6.09. The van der Waals surface area contributed by atoms with Crippen molar-refractivity contribution in [1.82, 2.24) is 4.90 Å². The third-order valence-electron chi connectivity index (χ3n) is 4.06. The molecule has 0 bridgehead atoms. The molecule has 1 heterocycles. The smallest absolute Gasteiger partial charge is 0.0556 e. The van der Waals surface area contributed by atoms with Gasteiger partial charge in [-0.15, -0.1) is 0 Å². The molecule has 0 aromatic heterocycles. The van der Waals surface area contributed by atoms with Crippen molar-refractivity contribution in [1.29, 1.82) is 0 Å². The Bertz CT molecular complexity index is 213. The van der Waals surface area contributed by atoms with E-state index >= 15 is 0 Å². The first-order valence-electron chi connectivity index (χ1n) is 7.56. The molecule has 1 rings (SSSR count). The molecular formula is C15H31NO2. The van der Waals surface area contributed by atoms with E-state index in [0.29, 0.717) is 6.04 Å². The van der Waals surface area contributed by atoms with Crippen molar-refractivity contribution >= 4 is 0 Å². The monoisotopic (exact) mass is 257 g/mol. The summed E-state index contributed by atoms with van der Waals surface area (Å²) in [6, 6.07) is 0.548. The van der Waals surface area contributed by atoms with Crippen LogP contribution in [0.5, 0.6) is 0 Å². The first-order chi connectivity index (χ1) is 8.63. The van der Waals surface area contributed by atoms with E-state index in [0.717, 1.165) is 39.1 Å². The van der Waals surface area contributed by atoms with Crippen LogP contribution in [0, 0.1) is 5.41 Å². The molecule has 0 saturated carbocycles. The van der Waals surface area contributed by atoms with E-state index < -0.39 is 0 Å². The molecule has 3 nitrogen and oxygen atoms in total. The summed E-state index contributed by atoms with van der Waals surface area (Å²) in [5.41, 5.74) is -0.0191. The van der Waals surface area contributed by atoms with Crippen LogP contribution < -0.4 is 0 Å². The molecule has 0 radical (unpaired) electrons. The largest absolute Gasteiger partial charge is 0.396 e. The molecule has 0 aromatic carbocycles. The maximum absolute atomic E-state index is 9.74. The molecule has 1 N–H and O–H groups in total. The van der Waals surface area contributed by atoms with Crippen LogP contribution in [0.1, 0.15) is 52.9 Å². The van der Waals surface area contributed by atoms with Crippen molar-refractivity contribution in [2.24, 2.45) is 5.41 Å². The first-order valence-corrected chi connectivity index (χ1v) is 7.56. The Morgan fingerprint density at radius 1 is 1.33 bits per heavy atom. The molecule has 0 spiro atoms. The van der Waals surface area contributed by atoms with Gasteiger partial charge < -0.3 is 14.7 Å². The second kappa shape index (κ2) is 8.13. The molecule has 3 heteroatoms. The van der Waals surface area contributed by atoms with Crippen LogP contribution in [0.4, 0.5) is 0 Å². The lowest BCUT2D eigenvalue weighted by Crippen LogP contribution is -2.48. The Balaban J connectivity index is 2.51. The minimum atomic E-state index is -0.0191. The molecule has 1 fully saturated rings. The standard InChI is InChI=1S/C15H31NO2/c1-4-5-6-9-16(14(2)3)11-15(12-17)8-7-10-18-13-15/h14,17H,4-13H2,1-3H3. The van der Waals surface area contributed by atoms with Gasteiger partial charge in [0.2, 0.25) is 0 Å². The van der Waals surface area contributed by atoms with Gasteiger partial charge in [-0.1, -0.05) is 19.8 Å². The third kappa shape index (κ3) is 4.87. The summed E-state index contributed by atoms with van der Waals surface area (Å²) in [4.78, 5) is 2.51. The summed E-state index contributed by atoms with van der Waals surface area (Å²) < 4.78 is 5.60. The molecule has 1 saturated heterocycles. The highest BCUT2D eigenvalue weighted by molar-refractivity contribution is 4.85. The maximum atomic E-state index is 9.74. The highest BCUT2D eigenvalue weighted by Crippen LogP contribution is 2.30. The number of hydrogen-bond donors (Lipinski definition) is 1. The SMILES string of the molecule is CCCCCN(CC1(CO)CCCOC1)C(C)C.